The van der Waals surface area contributed by atoms with Crippen LogP contribution in [0.25, 0.3) is 0 Å². The van der Waals surface area contributed by atoms with Gasteiger partial charge in [0.1, 0.15) is 0 Å². The third kappa shape index (κ3) is 3.95. The Labute approximate surface area is 110 Å². The van der Waals surface area contributed by atoms with E-state index in [9.17, 15) is 4.79 Å². The lowest BCUT2D eigenvalue weighted by Gasteiger charge is -2.25. The van der Waals surface area contributed by atoms with Gasteiger partial charge >= 0.3 is 0 Å². The minimum Gasteiger partial charge on any atom is -0.355 e. The number of nitrogens with one attached hydrogen (secondary N) is 2. The normalized spacial score (nSPS) is 25.6. The van der Waals surface area contributed by atoms with E-state index in [1.807, 2.05) is 0 Å². The van der Waals surface area contributed by atoms with Gasteiger partial charge in [-0.2, -0.15) is 0 Å². The Morgan fingerprint density at radius 1 is 1.28 bits per heavy atom. The molecule has 1 aliphatic heterocycles. The van der Waals surface area contributed by atoms with Crippen molar-refractivity contribution in [2.24, 2.45) is 5.92 Å². The van der Waals surface area contributed by atoms with E-state index in [4.69, 9.17) is 0 Å². The molecule has 1 saturated heterocycles. The summed E-state index contributed by atoms with van der Waals surface area (Å²) in [5, 5.41) is 6.37. The lowest BCUT2D eigenvalue weighted by Crippen LogP contribution is -2.43. The van der Waals surface area contributed by atoms with E-state index in [-0.39, 0.29) is 11.8 Å². The Balaban J connectivity index is 1.60. The third-order valence-electron chi connectivity index (χ3n) is 4.38. The van der Waals surface area contributed by atoms with Crippen molar-refractivity contribution in [3.05, 3.63) is 0 Å². The number of piperidine rings is 1. The highest BCUT2D eigenvalue weighted by Gasteiger charge is 2.22. The summed E-state index contributed by atoms with van der Waals surface area (Å²) in [4.78, 5) is 14.3. The summed E-state index contributed by atoms with van der Waals surface area (Å²) in [5.74, 6) is 0.428. The molecule has 104 valence electrons. The second kappa shape index (κ2) is 7.10. The van der Waals surface area contributed by atoms with Gasteiger partial charge in [-0.25, -0.2) is 0 Å². The molecule has 18 heavy (non-hydrogen) atoms. The Bertz CT molecular complexity index is 258. The van der Waals surface area contributed by atoms with Crippen molar-refractivity contribution in [2.75, 3.05) is 33.2 Å². The van der Waals surface area contributed by atoms with E-state index in [0.29, 0.717) is 0 Å². The van der Waals surface area contributed by atoms with Crippen molar-refractivity contribution < 1.29 is 4.79 Å². The Morgan fingerprint density at radius 3 is 2.72 bits per heavy atom. The highest BCUT2D eigenvalue weighted by Crippen LogP contribution is 2.21. The number of amides is 1. The number of nitrogens with zero attached hydrogens (tertiary/aromatic N) is 1. The maximum absolute atomic E-state index is 11.9. The first-order valence-corrected chi connectivity index (χ1v) is 7.46. The van der Waals surface area contributed by atoms with Gasteiger partial charge in [0.25, 0.3) is 0 Å². The van der Waals surface area contributed by atoms with Crippen LogP contribution in [-0.4, -0.2) is 50.1 Å². The average Bonchev–Trinajstić information content (AvgIpc) is 2.93. The van der Waals surface area contributed by atoms with Crippen molar-refractivity contribution in [3.63, 3.8) is 0 Å². The van der Waals surface area contributed by atoms with Crippen molar-refractivity contribution in [3.8, 4) is 0 Å². The fourth-order valence-electron chi connectivity index (χ4n) is 3.10. The minimum absolute atomic E-state index is 0.190. The second-order valence-electron chi connectivity index (χ2n) is 5.75. The maximum Gasteiger partial charge on any atom is 0.224 e. The Morgan fingerprint density at radius 2 is 2.06 bits per heavy atom. The summed E-state index contributed by atoms with van der Waals surface area (Å²) in [6.07, 6.45) is 7.57. The van der Waals surface area contributed by atoms with Gasteiger partial charge in [0.05, 0.1) is 5.92 Å². The number of carbonyl (C=O) groups excluding carboxylic acids is 1. The maximum atomic E-state index is 11.9. The van der Waals surface area contributed by atoms with Gasteiger partial charge in [0, 0.05) is 25.7 Å². The van der Waals surface area contributed by atoms with Gasteiger partial charge in [-0.15, -0.1) is 0 Å². The highest BCUT2D eigenvalue weighted by atomic mass is 16.1. The van der Waals surface area contributed by atoms with Gasteiger partial charge in [-0.3, -0.25) is 4.79 Å². The number of hydrogen-bond donors (Lipinski definition) is 2. The Kier molecular flexibility index (Phi) is 5.45. The molecule has 1 aliphatic carbocycles. The van der Waals surface area contributed by atoms with E-state index < -0.39 is 0 Å². The molecule has 0 unspecified atom stereocenters. The van der Waals surface area contributed by atoms with Gasteiger partial charge in [-0.1, -0.05) is 12.8 Å². The predicted molar refractivity (Wildman–Crippen MR) is 73.5 cm³/mol. The van der Waals surface area contributed by atoms with Crippen LogP contribution in [-0.2, 0) is 4.79 Å². The number of carbonyl (C=O) groups is 1. The zero-order valence-corrected chi connectivity index (χ0v) is 11.6. The Hall–Kier alpha value is -0.610. The van der Waals surface area contributed by atoms with Crippen LogP contribution in [0.1, 0.15) is 38.5 Å². The fraction of sp³-hybridized carbons (Fsp3) is 0.929. The van der Waals surface area contributed by atoms with Gasteiger partial charge in [0.15, 0.2) is 0 Å². The molecular weight excluding hydrogens is 226 g/mol. The van der Waals surface area contributed by atoms with Crippen molar-refractivity contribution in [2.45, 2.75) is 44.6 Å². The third-order valence-corrected chi connectivity index (χ3v) is 4.38. The summed E-state index contributed by atoms with van der Waals surface area (Å²) in [6, 6.07) is 0.748. The second-order valence-corrected chi connectivity index (χ2v) is 5.75. The zero-order valence-electron chi connectivity index (χ0n) is 11.6. The SMILES string of the molecule is CN(CCNC(=O)[C@@H]1CCCNC1)C1CCCC1. The van der Waals surface area contributed by atoms with E-state index in [1.165, 1.54) is 25.7 Å². The van der Waals surface area contributed by atoms with Crippen molar-refractivity contribution in [1.82, 2.24) is 15.5 Å². The molecular formula is C14H27N3O. The molecule has 1 saturated carbocycles. The number of likely N-dealkylation sites (N-methyl/N-ethyl adjacent to an activating group) is 1. The molecule has 4 heteroatoms. The molecule has 2 N–H and O–H groups in total. The van der Waals surface area contributed by atoms with Gasteiger partial charge in [0.2, 0.25) is 5.91 Å². The highest BCUT2D eigenvalue weighted by molar-refractivity contribution is 5.78. The lowest BCUT2D eigenvalue weighted by atomic mass is 9.99. The zero-order chi connectivity index (χ0) is 12.8. The van der Waals surface area contributed by atoms with Crippen molar-refractivity contribution in [1.29, 1.82) is 0 Å². The summed E-state index contributed by atoms with van der Waals surface area (Å²) in [6.45, 7) is 3.69. The molecule has 0 aromatic carbocycles. The van der Waals surface area contributed by atoms with Crippen LogP contribution >= 0.6 is 0 Å². The molecule has 2 rings (SSSR count). The number of hydrogen-bond acceptors (Lipinski definition) is 3. The molecule has 0 spiro atoms. The molecule has 1 amide bonds. The van der Waals surface area contributed by atoms with Crippen LogP contribution in [0.2, 0.25) is 0 Å². The first-order valence-electron chi connectivity index (χ1n) is 7.46. The van der Waals surface area contributed by atoms with Crippen LogP contribution in [0.3, 0.4) is 0 Å². The molecule has 0 aromatic rings. The van der Waals surface area contributed by atoms with Crippen LogP contribution in [0.4, 0.5) is 0 Å². The van der Waals surface area contributed by atoms with Gasteiger partial charge < -0.3 is 15.5 Å². The monoisotopic (exact) mass is 253 g/mol. The first-order chi connectivity index (χ1) is 8.77. The number of rotatable bonds is 5. The summed E-state index contributed by atoms with van der Waals surface area (Å²) in [5.41, 5.74) is 0. The smallest absolute Gasteiger partial charge is 0.224 e. The molecule has 0 radical (unpaired) electrons. The van der Waals surface area contributed by atoms with Crippen LogP contribution in [0, 0.1) is 5.92 Å². The van der Waals surface area contributed by atoms with E-state index in [0.717, 1.165) is 45.1 Å². The van der Waals surface area contributed by atoms with Crippen LogP contribution in [0.5, 0.6) is 0 Å². The fourth-order valence-corrected chi connectivity index (χ4v) is 3.10. The molecule has 0 aromatic heterocycles. The predicted octanol–water partition coefficient (Wildman–Crippen LogP) is 0.977. The first kappa shape index (κ1) is 13.8. The molecule has 0 bridgehead atoms. The summed E-state index contributed by atoms with van der Waals surface area (Å²) in [7, 11) is 2.18. The van der Waals surface area contributed by atoms with E-state index in [1.54, 1.807) is 0 Å². The van der Waals surface area contributed by atoms with Crippen LogP contribution in [0.15, 0.2) is 0 Å². The minimum atomic E-state index is 0.190. The lowest BCUT2D eigenvalue weighted by molar-refractivity contribution is -0.125. The quantitative estimate of drug-likeness (QED) is 0.767. The largest absolute Gasteiger partial charge is 0.355 e. The molecule has 2 fully saturated rings. The van der Waals surface area contributed by atoms with E-state index >= 15 is 0 Å². The van der Waals surface area contributed by atoms with Gasteiger partial charge in [-0.05, 0) is 39.3 Å². The summed E-state index contributed by atoms with van der Waals surface area (Å²) >= 11 is 0. The molecule has 1 heterocycles. The average molecular weight is 253 g/mol. The van der Waals surface area contributed by atoms with E-state index in [2.05, 4.69) is 22.6 Å². The molecule has 2 aliphatic rings. The molecule has 1 atom stereocenters. The topological polar surface area (TPSA) is 44.4 Å². The molecule has 4 nitrogen and oxygen atoms in total. The standard InChI is InChI=1S/C14H27N3O/c1-17(13-6-2-3-7-13)10-9-16-14(18)12-5-4-8-15-11-12/h12-13,15H,2-11H2,1H3,(H,16,18)/t12-/m1/s1. The van der Waals surface area contributed by atoms with Crippen LogP contribution < -0.4 is 10.6 Å². The van der Waals surface area contributed by atoms with Crippen molar-refractivity contribution >= 4 is 5.91 Å². The summed E-state index contributed by atoms with van der Waals surface area (Å²) < 4.78 is 0.